The van der Waals surface area contributed by atoms with Crippen LogP contribution in [0.25, 0.3) is 0 Å². The van der Waals surface area contributed by atoms with Crippen LogP contribution in [0.4, 0.5) is 9.18 Å². The second-order valence-electron chi connectivity index (χ2n) is 5.77. The molecule has 0 spiro atoms. The molecule has 6 nitrogen and oxygen atoms in total. The number of amides is 1. The van der Waals surface area contributed by atoms with Gasteiger partial charge in [0.2, 0.25) is 0 Å². The third kappa shape index (κ3) is 7.23. The second kappa shape index (κ2) is 11.1. The minimum atomic E-state index is -0.435. The lowest BCUT2D eigenvalue weighted by molar-refractivity contribution is 0.0874. The average molecular weight is 384 g/mol. The van der Waals surface area contributed by atoms with Gasteiger partial charge in [0, 0.05) is 25.7 Å². The van der Waals surface area contributed by atoms with Gasteiger partial charge in [0.1, 0.15) is 24.3 Å². The van der Waals surface area contributed by atoms with Crippen molar-refractivity contribution in [3.63, 3.8) is 0 Å². The fraction of sp³-hybridized carbons (Fsp3) is 0.500. The van der Waals surface area contributed by atoms with E-state index in [0.717, 1.165) is 18.5 Å². The number of hydrogen-bond acceptors (Lipinski definition) is 6. The molecular formula is C18H25FN2O4S. The lowest BCUT2D eigenvalue weighted by Gasteiger charge is -2.14. The maximum atomic E-state index is 13.1. The van der Waals surface area contributed by atoms with Crippen molar-refractivity contribution in [3.8, 4) is 5.75 Å². The van der Waals surface area contributed by atoms with Crippen LogP contribution in [0.15, 0.2) is 30.2 Å². The highest BCUT2D eigenvalue weighted by Gasteiger charge is 2.25. The Kier molecular flexibility index (Phi) is 8.73. The molecule has 1 amide bonds. The Morgan fingerprint density at radius 3 is 3.12 bits per heavy atom. The molecular weight excluding hydrogens is 359 g/mol. The summed E-state index contributed by atoms with van der Waals surface area (Å²) in [5, 5.41) is 4.42. The summed E-state index contributed by atoms with van der Waals surface area (Å²) in [5.74, 6) is 0.179. The number of benzene rings is 1. The van der Waals surface area contributed by atoms with Crippen molar-refractivity contribution in [3.05, 3.63) is 41.6 Å². The van der Waals surface area contributed by atoms with Gasteiger partial charge < -0.3 is 19.5 Å². The van der Waals surface area contributed by atoms with Crippen LogP contribution in [0.5, 0.6) is 5.75 Å². The predicted octanol–water partition coefficient (Wildman–Crippen LogP) is 3.12. The summed E-state index contributed by atoms with van der Waals surface area (Å²) in [6.07, 6.45) is 0.295. The number of carbonyl (C=O) groups excluding carboxylic acids is 1. The van der Waals surface area contributed by atoms with Gasteiger partial charge in [-0.3, -0.25) is 0 Å². The van der Waals surface area contributed by atoms with Gasteiger partial charge in [-0.15, -0.1) is 0 Å². The van der Waals surface area contributed by atoms with E-state index in [1.807, 2.05) is 6.92 Å². The second-order valence-corrected chi connectivity index (χ2v) is 6.83. The van der Waals surface area contributed by atoms with Crippen LogP contribution in [0, 0.1) is 12.7 Å². The highest BCUT2D eigenvalue weighted by Crippen LogP contribution is 2.21. The smallest absolute Gasteiger partial charge is 0.407 e. The largest absolute Gasteiger partial charge is 0.491 e. The lowest BCUT2D eigenvalue weighted by Crippen LogP contribution is -2.32. The molecule has 0 radical (unpaired) electrons. The Morgan fingerprint density at radius 2 is 2.31 bits per heavy atom. The standard InChI is InChI=1S/C18H25FN2O4S/c1-3-26-21-8-6-16(13-21)25-18(22)20-7-9-23-10-11-24-17-12-15(19)5-4-14(17)2/h3-5,12,16H,1,6-11,13H2,2H3,(H,20,22). The van der Waals surface area contributed by atoms with E-state index in [1.54, 1.807) is 11.5 Å². The van der Waals surface area contributed by atoms with E-state index in [-0.39, 0.29) is 11.9 Å². The van der Waals surface area contributed by atoms with Gasteiger partial charge in [-0.2, -0.15) is 0 Å². The van der Waals surface area contributed by atoms with E-state index in [2.05, 4.69) is 16.2 Å². The SMILES string of the molecule is C=CSN1CCC(OC(=O)NCCOCCOc2cc(F)ccc2C)C1. The van der Waals surface area contributed by atoms with Crippen molar-refractivity contribution < 1.29 is 23.4 Å². The molecule has 1 heterocycles. The summed E-state index contributed by atoms with van der Waals surface area (Å²) < 4.78 is 31.4. The van der Waals surface area contributed by atoms with E-state index >= 15 is 0 Å². The number of nitrogens with zero attached hydrogens (tertiary/aromatic N) is 1. The minimum Gasteiger partial charge on any atom is -0.491 e. The van der Waals surface area contributed by atoms with Gasteiger partial charge in [-0.05, 0) is 30.4 Å². The zero-order valence-electron chi connectivity index (χ0n) is 14.9. The number of rotatable bonds is 10. The first-order chi connectivity index (χ1) is 12.6. The molecule has 1 aliphatic heterocycles. The van der Waals surface area contributed by atoms with Gasteiger partial charge in [0.25, 0.3) is 0 Å². The molecule has 1 saturated heterocycles. The Labute approximate surface area is 157 Å². The minimum absolute atomic E-state index is 0.0914. The molecule has 1 aliphatic rings. The maximum absolute atomic E-state index is 13.1. The molecule has 1 N–H and O–H groups in total. The molecule has 8 heteroatoms. The summed E-state index contributed by atoms with van der Waals surface area (Å²) in [7, 11) is 0. The first kappa shape index (κ1) is 20.5. The molecule has 1 unspecified atom stereocenters. The summed E-state index contributed by atoms with van der Waals surface area (Å²) in [5.41, 5.74) is 0.868. The van der Waals surface area contributed by atoms with E-state index in [1.165, 1.54) is 24.1 Å². The third-order valence-electron chi connectivity index (χ3n) is 3.76. The Morgan fingerprint density at radius 1 is 1.46 bits per heavy atom. The number of carbonyl (C=O) groups is 1. The molecule has 0 saturated carbocycles. The summed E-state index contributed by atoms with van der Waals surface area (Å²) in [6.45, 7) is 8.47. The average Bonchev–Trinajstić information content (AvgIpc) is 3.04. The maximum Gasteiger partial charge on any atom is 0.407 e. The van der Waals surface area contributed by atoms with E-state index in [9.17, 15) is 9.18 Å². The zero-order chi connectivity index (χ0) is 18.8. The first-order valence-corrected chi connectivity index (χ1v) is 9.36. The van der Waals surface area contributed by atoms with Gasteiger partial charge in [0.05, 0.1) is 13.2 Å². The van der Waals surface area contributed by atoms with Crippen molar-refractivity contribution in [2.24, 2.45) is 0 Å². The summed E-state index contributed by atoms with van der Waals surface area (Å²) >= 11 is 1.53. The normalized spacial score (nSPS) is 17.1. The van der Waals surface area contributed by atoms with E-state index in [0.29, 0.717) is 38.7 Å². The number of hydrogen-bond donors (Lipinski definition) is 1. The molecule has 1 aromatic carbocycles. The monoisotopic (exact) mass is 384 g/mol. The number of nitrogens with one attached hydrogen (secondary N) is 1. The molecule has 1 atom stereocenters. The fourth-order valence-corrected chi connectivity index (χ4v) is 3.13. The van der Waals surface area contributed by atoms with Gasteiger partial charge in [0.15, 0.2) is 0 Å². The summed E-state index contributed by atoms with van der Waals surface area (Å²) in [6, 6.07) is 4.41. The number of ether oxygens (including phenoxy) is 3. The molecule has 0 aliphatic carbocycles. The molecule has 1 aromatic rings. The fourth-order valence-electron chi connectivity index (χ4n) is 2.46. The van der Waals surface area contributed by atoms with Crippen LogP contribution in [0.3, 0.4) is 0 Å². The number of aryl methyl sites for hydroxylation is 1. The predicted molar refractivity (Wildman–Crippen MR) is 99.7 cm³/mol. The first-order valence-electron chi connectivity index (χ1n) is 8.52. The third-order valence-corrected chi connectivity index (χ3v) is 4.54. The highest BCUT2D eigenvalue weighted by molar-refractivity contribution is 7.99. The molecule has 144 valence electrons. The summed E-state index contributed by atoms with van der Waals surface area (Å²) in [4.78, 5) is 11.7. The van der Waals surface area contributed by atoms with Gasteiger partial charge in [-0.1, -0.05) is 24.6 Å². The molecule has 0 aromatic heterocycles. The number of alkyl carbamates (subject to hydrolysis) is 1. The zero-order valence-corrected chi connectivity index (χ0v) is 15.7. The Bertz CT molecular complexity index is 603. The topological polar surface area (TPSA) is 60.0 Å². The van der Waals surface area contributed by atoms with E-state index in [4.69, 9.17) is 14.2 Å². The van der Waals surface area contributed by atoms with Crippen LogP contribution < -0.4 is 10.1 Å². The molecule has 0 bridgehead atoms. The highest BCUT2D eigenvalue weighted by atomic mass is 32.2. The van der Waals surface area contributed by atoms with Crippen LogP contribution >= 0.6 is 11.9 Å². The Balaban J connectivity index is 1.49. The van der Waals surface area contributed by atoms with Crippen LogP contribution in [-0.4, -0.2) is 56.0 Å². The van der Waals surface area contributed by atoms with Gasteiger partial charge in [-0.25, -0.2) is 13.5 Å². The van der Waals surface area contributed by atoms with Crippen molar-refractivity contribution in [2.75, 3.05) is 39.5 Å². The van der Waals surface area contributed by atoms with Crippen molar-refractivity contribution in [2.45, 2.75) is 19.4 Å². The lowest BCUT2D eigenvalue weighted by atomic mass is 10.2. The van der Waals surface area contributed by atoms with Crippen LogP contribution in [-0.2, 0) is 9.47 Å². The molecule has 2 rings (SSSR count). The van der Waals surface area contributed by atoms with Crippen molar-refractivity contribution in [1.29, 1.82) is 0 Å². The molecule has 1 fully saturated rings. The van der Waals surface area contributed by atoms with Crippen molar-refractivity contribution >= 4 is 18.0 Å². The quantitative estimate of drug-likeness (QED) is 0.494. The van der Waals surface area contributed by atoms with E-state index < -0.39 is 6.09 Å². The van der Waals surface area contributed by atoms with Gasteiger partial charge >= 0.3 is 6.09 Å². The number of halogens is 1. The molecule has 26 heavy (non-hydrogen) atoms. The van der Waals surface area contributed by atoms with Crippen LogP contribution in [0.2, 0.25) is 0 Å². The van der Waals surface area contributed by atoms with Crippen molar-refractivity contribution in [1.82, 2.24) is 9.62 Å². The van der Waals surface area contributed by atoms with Crippen LogP contribution in [0.1, 0.15) is 12.0 Å². The Hall–Kier alpha value is -1.77.